The van der Waals surface area contributed by atoms with E-state index in [1.807, 2.05) is 32.0 Å². The quantitative estimate of drug-likeness (QED) is 0.401. The van der Waals surface area contributed by atoms with Gasteiger partial charge in [0.15, 0.2) is 0 Å². The van der Waals surface area contributed by atoms with Crippen LogP contribution in [0.3, 0.4) is 0 Å². The molecule has 0 saturated carbocycles. The lowest BCUT2D eigenvalue weighted by molar-refractivity contribution is -0.384. The van der Waals surface area contributed by atoms with E-state index in [1.54, 1.807) is 6.07 Å². The number of nitro benzene ring substituents is 1. The molecule has 2 aromatic carbocycles. The molecule has 1 N–H and O–H groups in total. The van der Waals surface area contributed by atoms with Gasteiger partial charge in [0.1, 0.15) is 11.6 Å². The number of amides is 1. The molecule has 0 atom stereocenters. The summed E-state index contributed by atoms with van der Waals surface area (Å²) in [5.74, 6) is -0.529. The molecule has 0 unspecified atom stereocenters. The number of rotatable bonds is 4. The standard InChI is InChI=1S/C18H15N3O3/c1-12-3-6-16(9-13(12)2)20-18(22)15(11-19)10-14-4-7-17(8-5-14)21(23)24/h3-10H,1-2H3,(H,20,22)/b15-10+. The van der Waals surface area contributed by atoms with Gasteiger partial charge in [0.2, 0.25) is 0 Å². The first-order valence-corrected chi connectivity index (χ1v) is 7.15. The number of nitrogens with zero attached hydrogens (tertiary/aromatic N) is 2. The molecule has 0 spiro atoms. The summed E-state index contributed by atoms with van der Waals surface area (Å²) >= 11 is 0. The van der Waals surface area contributed by atoms with E-state index in [1.165, 1.54) is 30.3 Å². The van der Waals surface area contributed by atoms with Crippen molar-refractivity contribution < 1.29 is 9.72 Å². The van der Waals surface area contributed by atoms with Gasteiger partial charge in [0.25, 0.3) is 11.6 Å². The molecule has 0 aliphatic heterocycles. The Bertz CT molecular complexity index is 862. The van der Waals surface area contributed by atoms with E-state index in [4.69, 9.17) is 0 Å². The van der Waals surface area contributed by atoms with Gasteiger partial charge in [0.05, 0.1) is 4.92 Å². The SMILES string of the molecule is Cc1ccc(NC(=O)/C(C#N)=C/c2ccc([N+](=O)[O-])cc2)cc1C. The minimum atomic E-state index is -0.529. The van der Waals surface area contributed by atoms with Crippen LogP contribution < -0.4 is 5.32 Å². The monoisotopic (exact) mass is 321 g/mol. The molecule has 0 aliphatic carbocycles. The summed E-state index contributed by atoms with van der Waals surface area (Å²) in [4.78, 5) is 22.3. The highest BCUT2D eigenvalue weighted by Crippen LogP contribution is 2.17. The largest absolute Gasteiger partial charge is 0.321 e. The zero-order valence-corrected chi connectivity index (χ0v) is 13.2. The highest BCUT2D eigenvalue weighted by Gasteiger charge is 2.11. The molecule has 0 fully saturated rings. The van der Waals surface area contributed by atoms with E-state index in [0.29, 0.717) is 11.3 Å². The second-order valence-electron chi connectivity index (χ2n) is 5.27. The van der Waals surface area contributed by atoms with Gasteiger partial charge in [-0.1, -0.05) is 6.07 Å². The molecule has 120 valence electrons. The minimum absolute atomic E-state index is 0.0507. The minimum Gasteiger partial charge on any atom is -0.321 e. The van der Waals surface area contributed by atoms with Crippen LogP contribution in [0.5, 0.6) is 0 Å². The number of nitrogens with one attached hydrogen (secondary N) is 1. The number of hydrogen-bond donors (Lipinski definition) is 1. The molecule has 0 saturated heterocycles. The Kier molecular flexibility index (Phi) is 5.07. The summed E-state index contributed by atoms with van der Waals surface area (Å²) in [6, 6.07) is 12.9. The van der Waals surface area contributed by atoms with Gasteiger partial charge in [-0.15, -0.1) is 0 Å². The van der Waals surface area contributed by atoms with E-state index in [2.05, 4.69) is 5.32 Å². The Balaban J connectivity index is 2.20. The Morgan fingerprint density at radius 2 is 1.83 bits per heavy atom. The van der Waals surface area contributed by atoms with Crippen molar-refractivity contribution in [2.75, 3.05) is 5.32 Å². The van der Waals surface area contributed by atoms with Crippen LogP contribution in [0.4, 0.5) is 11.4 Å². The normalized spacial score (nSPS) is 10.8. The lowest BCUT2D eigenvalue weighted by Gasteiger charge is -2.07. The van der Waals surface area contributed by atoms with Crippen molar-refractivity contribution in [3.63, 3.8) is 0 Å². The van der Waals surface area contributed by atoms with Crippen LogP contribution in [0, 0.1) is 35.3 Å². The molecular formula is C18H15N3O3. The summed E-state index contributed by atoms with van der Waals surface area (Å²) in [5, 5.41) is 22.5. The number of aryl methyl sites for hydroxylation is 2. The van der Waals surface area contributed by atoms with Crippen LogP contribution in [-0.4, -0.2) is 10.8 Å². The van der Waals surface area contributed by atoms with Crippen LogP contribution in [0.2, 0.25) is 0 Å². The number of benzene rings is 2. The predicted octanol–water partition coefficient (Wildman–Crippen LogP) is 3.76. The summed E-state index contributed by atoms with van der Waals surface area (Å²) in [7, 11) is 0. The molecule has 2 rings (SSSR count). The molecule has 0 aromatic heterocycles. The van der Waals surface area contributed by atoms with Gasteiger partial charge in [0, 0.05) is 17.8 Å². The van der Waals surface area contributed by atoms with Gasteiger partial charge >= 0.3 is 0 Å². The number of non-ortho nitro benzene ring substituents is 1. The Labute approximate surface area is 139 Å². The third kappa shape index (κ3) is 4.05. The molecule has 6 nitrogen and oxygen atoms in total. The van der Waals surface area contributed by atoms with Crippen LogP contribution in [0.25, 0.3) is 6.08 Å². The number of nitro groups is 1. The van der Waals surface area contributed by atoms with Crippen molar-refractivity contribution in [2.24, 2.45) is 0 Å². The maximum atomic E-state index is 12.2. The average Bonchev–Trinajstić information content (AvgIpc) is 2.56. The highest BCUT2D eigenvalue weighted by atomic mass is 16.6. The van der Waals surface area contributed by atoms with E-state index in [0.717, 1.165) is 11.1 Å². The van der Waals surface area contributed by atoms with Crippen molar-refractivity contribution in [1.29, 1.82) is 5.26 Å². The van der Waals surface area contributed by atoms with Crippen molar-refractivity contribution in [1.82, 2.24) is 0 Å². The predicted molar refractivity (Wildman–Crippen MR) is 91.2 cm³/mol. The molecule has 0 aliphatic rings. The first-order valence-electron chi connectivity index (χ1n) is 7.15. The Morgan fingerprint density at radius 3 is 2.38 bits per heavy atom. The third-order valence-corrected chi connectivity index (χ3v) is 3.54. The molecule has 6 heteroatoms. The van der Waals surface area contributed by atoms with Crippen LogP contribution in [0.15, 0.2) is 48.0 Å². The van der Waals surface area contributed by atoms with Gasteiger partial charge in [-0.05, 0) is 60.9 Å². The lowest BCUT2D eigenvalue weighted by atomic mass is 10.1. The first kappa shape index (κ1) is 16.9. The molecule has 1 amide bonds. The molecule has 0 heterocycles. The highest BCUT2D eigenvalue weighted by molar-refractivity contribution is 6.09. The fourth-order valence-corrected chi connectivity index (χ4v) is 2.03. The Morgan fingerprint density at radius 1 is 1.17 bits per heavy atom. The number of hydrogen-bond acceptors (Lipinski definition) is 4. The number of carbonyl (C=O) groups excluding carboxylic acids is 1. The third-order valence-electron chi connectivity index (χ3n) is 3.54. The van der Waals surface area contributed by atoms with Crippen molar-refractivity contribution >= 4 is 23.4 Å². The van der Waals surface area contributed by atoms with Gasteiger partial charge in [-0.2, -0.15) is 5.26 Å². The van der Waals surface area contributed by atoms with Crippen molar-refractivity contribution in [3.8, 4) is 6.07 Å². The lowest BCUT2D eigenvalue weighted by Crippen LogP contribution is -2.13. The fourth-order valence-electron chi connectivity index (χ4n) is 2.03. The van der Waals surface area contributed by atoms with Crippen LogP contribution in [-0.2, 0) is 4.79 Å². The maximum Gasteiger partial charge on any atom is 0.269 e. The average molecular weight is 321 g/mol. The molecular weight excluding hydrogens is 306 g/mol. The zero-order chi connectivity index (χ0) is 17.7. The first-order chi connectivity index (χ1) is 11.4. The molecule has 24 heavy (non-hydrogen) atoms. The van der Waals surface area contributed by atoms with E-state index in [-0.39, 0.29) is 11.3 Å². The van der Waals surface area contributed by atoms with E-state index >= 15 is 0 Å². The Hall–Kier alpha value is -3.46. The number of nitriles is 1. The van der Waals surface area contributed by atoms with Crippen LogP contribution >= 0.6 is 0 Å². The smallest absolute Gasteiger partial charge is 0.269 e. The number of carbonyl (C=O) groups is 1. The van der Waals surface area contributed by atoms with Crippen LogP contribution in [0.1, 0.15) is 16.7 Å². The summed E-state index contributed by atoms with van der Waals surface area (Å²) in [6.07, 6.45) is 1.39. The zero-order valence-electron chi connectivity index (χ0n) is 13.2. The topological polar surface area (TPSA) is 96.0 Å². The van der Waals surface area contributed by atoms with Crippen molar-refractivity contribution in [3.05, 3.63) is 74.8 Å². The van der Waals surface area contributed by atoms with Crippen molar-refractivity contribution in [2.45, 2.75) is 13.8 Å². The van der Waals surface area contributed by atoms with Gasteiger partial charge in [-0.25, -0.2) is 0 Å². The summed E-state index contributed by atoms with van der Waals surface area (Å²) < 4.78 is 0. The van der Waals surface area contributed by atoms with Gasteiger partial charge in [-0.3, -0.25) is 14.9 Å². The maximum absolute atomic E-state index is 12.2. The second-order valence-corrected chi connectivity index (χ2v) is 5.27. The molecule has 0 bridgehead atoms. The van der Waals surface area contributed by atoms with E-state index < -0.39 is 10.8 Å². The summed E-state index contributed by atoms with van der Waals surface area (Å²) in [6.45, 7) is 3.90. The fraction of sp³-hybridized carbons (Fsp3) is 0.111. The number of anilines is 1. The summed E-state index contributed by atoms with van der Waals surface area (Å²) in [5.41, 5.74) is 3.15. The second kappa shape index (κ2) is 7.20. The molecule has 0 radical (unpaired) electrons. The van der Waals surface area contributed by atoms with Gasteiger partial charge < -0.3 is 5.32 Å². The molecule has 2 aromatic rings. The van der Waals surface area contributed by atoms with E-state index in [9.17, 15) is 20.2 Å².